The van der Waals surface area contributed by atoms with Crippen molar-refractivity contribution in [2.45, 2.75) is 6.54 Å². The fourth-order valence-electron chi connectivity index (χ4n) is 2.64. The van der Waals surface area contributed by atoms with Crippen molar-refractivity contribution in [2.75, 3.05) is 5.32 Å². The summed E-state index contributed by atoms with van der Waals surface area (Å²) in [7, 11) is 0. The molecule has 0 fully saturated rings. The largest absolute Gasteiger partial charge is 0.508 e. The number of hydrogen-bond acceptors (Lipinski definition) is 6. The molecule has 0 spiro atoms. The monoisotopic (exact) mass is 378 g/mol. The molecule has 28 heavy (non-hydrogen) atoms. The highest BCUT2D eigenvalue weighted by atomic mass is 16.6. The summed E-state index contributed by atoms with van der Waals surface area (Å²) >= 11 is 0. The Balaban J connectivity index is 1.65. The quantitative estimate of drug-likeness (QED) is 0.285. The number of aromatic hydroxyl groups is 3. The summed E-state index contributed by atoms with van der Waals surface area (Å²) in [5.74, 6) is -0.0285. The van der Waals surface area contributed by atoms with E-state index < -0.39 is 4.92 Å². The minimum absolute atomic E-state index is 0.00739. The van der Waals surface area contributed by atoms with E-state index in [1.807, 2.05) is 30.3 Å². The molecule has 7 nitrogen and oxygen atoms in total. The van der Waals surface area contributed by atoms with Gasteiger partial charge in [0.1, 0.15) is 17.2 Å². The molecule has 0 atom stereocenters. The Labute approximate surface area is 161 Å². The molecule has 7 heteroatoms. The van der Waals surface area contributed by atoms with Crippen LogP contribution in [0.2, 0.25) is 0 Å². The third-order valence-corrected chi connectivity index (χ3v) is 4.06. The maximum atomic E-state index is 10.8. The minimum Gasteiger partial charge on any atom is -0.508 e. The molecule has 0 bridgehead atoms. The van der Waals surface area contributed by atoms with Crippen LogP contribution in [0.1, 0.15) is 16.7 Å². The number of anilines is 1. The summed E-state index contributed by atoms with van der Waals surface area (Å²) in [4.78, 5) is 10.3. The first-order chi connectivity index (χ1) is 13.4. The van der Waals surface area contributed by atoms with Gasteiger partial charge in [-0.1, -0.05) is 24.3 Å². The van der Waals surface area contributed by atoms with E-state index in [-0.39, 0.29) is 29.5 Å². The molecule has 0 aliphatic carbocycles. The van der Waals surface area contributed by atoms with Crippen LogP contribution in [0.4, 0.5) is 11.4 Å². The smallest absolute Gasteiger partial charge is 0.270 e. The lowest BCUT2D eigenvalue weighted by atomic mass is 10.1. The Morgan fingerprint density at radius 3 is 2.14 bits per heavy atom. The van der Waals surface area contributed by atoms with Gasteiger partial charge in [-0.2, -0.15) is 0 Å². The van der Waals surface area contributed by atoms with Crippen LogP contribution in [-0.4, -0.2) is 20.2 Å². The van der Waals surface area contributed by atoms with E-state index >= 15 is 0 Å². The van der Waals surface area contributed by atoms with Crippen LogP contribution in [0.15, 0.2) is 60.7 Å². The number of phenolic OH excluding ortho intramolecular Hbond substituents is 3. The zero-order valence-corrected chi connectivity index (χ0v) is 14.7. The predicted octanol–water partition coefficient (Wildman–Crippen LogP) is 4.49. The lowest BCUT2D eigenvalue weighted by Crippen LogP contribution is -2.00. The van der Waals surface area contributed by atoms with E-state index in [9.17, 15) is 25.4 Å². The Bertz CT molecular complexity index is 1010. The maximum absolute atomic E-state index is 10.8. The molecule has 0 radical (unpaired) electrons. The number of benzene rings is 3. The molecule has 4 N–H and O–H groups in total. The first kappa shape index (κ1) is 18.8. The van der Waals surface area contributed by atoms with Gasteiger partial charge in [0, 0.05) is 36.0 Å². The third-order valence-electron chi connectivity index (χ3n) is 4.06. The zero-order chi connectivity index (χ0) is 20.1. The minimum atomic E-state index is -0.504. The normalized spacial score (nSPS) is 10.9. The van der Waals surface area contributed by atoms with Crippen LogP contribution in [0, 0.1) is 10.1 Å². The van der Waals surface area contributed by atoms with Crippen molar-refractivity contribution in [3.63, 3.8) is 0 Å². The van der Waals surface area contributed by atoms with Crippen molar-refractivity contribution >= 4 is 23.5 Å². The number of nitro benzene ring substituents is 1. The standard InChI is InChI=1S/C21H18N2O5/c24-19-9-15(10-20(25)12-19)2-1-14-3-5-17(6-4-14)22-13-16-11-18(23(27)28)7-8-21(16)26/h1-12,22,24-26H,13H2/b2-1+. The molecule has 3 aromatic carbocycles. The van der Waals surface area contributed by atoms with E-state index in [1.165, 1.54) is 36.4 Å². The number of nitrogens with zero attached hydrogens (tertiary/aromatic N) is 1. The summed E-state index contributed by atoms with van der Waals surface area (Å²) in [6.45, 7) is 0.241. The topological polar surface area (TPSA) is 116 Å². The van der Waals surface area contributed by atoms with Crippen molar-refractivity contribution in [3.05, 3.63) is 87.5 Å². The highest BCUT2D eigenvalue weighted by Crippen LogP contribution is 2.25. The number of nitro groups is 1. The number of phenols is 3. The van der Waals surface area contributed by atoms with Gasteiger partial charge in [0.25, 0.3) is 5.69 Å². The van der Waals surface area contributed by atoms with Gasteiger partial charge in [-0.15, -0.1) is 0 Å². The number of rotatable bonds is 6. The fourth-order valence-corrected chi connectivity index (χ4v) is 2.64. The summed E-state index contributed by atoms with van der Waals surface area (Å²) in [6, 6.07) is 15.7. The summed E-state index contributed by atoms with van der Waals surface area (Å²) in [6.07, 6.45) is 3.60. The lowest BCUT2D eigenvalue weighted by Gasteiger charge is -2.08. The van der Waals surface area contributed by atoms with Crippen molar-refractivity contribution in [1.82, 2.24) is 0 Å². The highest BCUT2D eigenvalue weighted by Gasteiger charge is 2.10. The number of non-ortho nitro benzene ring substituents is 1. The molecule has 3 rings (SSSR count). The Morgan fingerprint density at radius 2 is 1.50 bits per heavy atom. The first-order valence-electron chi connectivity index (χ1n) is 8.42. The average Bonchev–Trinajstić information content (AvgIpc) is 2.65. The van der Waals surface area contributed by atoms with Crippen molar-refractivity contribution in [1.29, 1.82) is 0 Å². The summed E-state index contributed by atoms with van der Waals surface area (Å²) in [5, 5.41) is 42.8. The van der Waals surface area contributed by atoms with Crippen molar-refractivity contribution in [2.24, 2.45) is 0 Å². The van der Waals surface area contributed by atoms with Gasteiger partial charge >= 0.3 is 0 Å². The Morgan fingerprint density at radius 1 is 0.857 bits per heavy atom. The molecular weight excluding hydrogens is 360 g/mol. The van der Waals surface area contributed by atoms with Gasteiger partial charge in [0.2, 0.25) is 0 Å². The van der Waals surface area contributed by atoms with Crippen LogP contribution in [0.3, 0.4) is 0 Å². The second-order valence-corrected chi connectivity index (χ2v) is 6.16. The Hall–Kier alpha value is -4.00. The van der Waals surface area contributed by atoms with Gasteiger partial charge in [-0.3, -0.25) is 10.1 Å². The Kier molecular flexibility index (Phi) is 5.45. The maximum Gasteiger partial charge on any atom is 0.270 e. The fraction of sp³-hybridized carbons (Fsp3) is 0.0476. The molecule has 0 aliphatic rings. The molecule has 142 valence electrons. The van der Waals surface area contributed by atoms with Crippen LogP contribution >= 0.6 is 0 Å². The highest BCUT2D eigenvalue weighted by molar-refractivity contribution is 5.71. The average molecular weight is 378 g/mol. The van der Waals surface area contributed by atoms with Gasteiger partial charge in [-0.25, -0.2) is 0 Å². The van der Waals surface area contributed by atoms with Crippen LogP contribution in [-0.2, 0) is 6.54 Å². The van der Waals surface area contributed by atoms with Crippen LogP contribution in [0.5, 0.6) is 17.2 Å². The molecule has 0 saturated carbocycles. The first-order valence-corrected chi connectivity index (χ1v) is 8.42. The summed E-state index contributed by atoms with van der Waals surface area (Å²) in [5.41, 5.74) is 2.72. The number of hydrogen-bond donors (Lipinski definition) is 4. The van der Waals surface area contributed by atoms with Gasteiger partial charge in [0.05, 0.1) is 4.92 Å². The van der Waals surface area contributed by atoms with E-state index in [1.54, 1.807) is 6.08 Å². The van der Waals surface area contributed by atoms with Gasteiger partial charge in [-0.05, 0) is 41.5 Å². The van der Waals surface area contributed by atoms with E-state index in [0.29, 0.717) is 11.1 Å². The van der Waals surface area contributed by atoms with Crippen LogP contribution in [0.25, 0.3) is 12.2 Å². The molecular formula is C21H18N2O5. The molecule has 0 heterocycles. The molecule has 0 aliphatic heterocycles. The molecule has 0 amide bonds. The van der Waals surface area contributed by atoms with Gasteiger partial charge < -0.3 is 20.6 Å². The second-order valence-electron chi connectivity index (χ2n) is 6.16. The molecule has 0 aromatic heterocycles. The van der Waals surface area contributed by atoms with Crippen LogP contribution < -0.4 is 5.32 Å². The van der Waals surface area contributed by atoms with E-state index in [4.69, 9.17) is 0 Å². The van der Waals surface area contributed by atoms with Crippen molar-refractivity contribution in [3.8, 4) is 17.2 Å². The molecule has 0 saturated heterocycles. The van der Waals surface area contributed by atoms with Crippen molar-refractivity contribution < 1.29 is 20.2 Å². The molecule has 0 unspecified atom stereocenters. The third kappa shape index (κ3) is 4.79. The van der Waals surface area contributed by atoms with E-state index in [2.05, 4.69) is 5.32 Å². The predicted molar refractivity (Wildman–Crippen MR) is 107 cm³/mol. The zero-order valence-electron chi connectivity index (χ0n) is 14.7. The number of nitrogens with one attached hydrogen (secondary N) is 1. The lowest BCUT2D eigenvalue weighted by molar-refractivity contribution is -0.384. The SMILES string of the molecule is O=[N+]([O-])c1ccc(O)c(CNc2ccc(/C=C/c3cc(O)cc(O)c3)cc2)c1. The van der Waals surface area contributed by atoms with E-state index in [0.717, 1.165) is 11.3 Å². The second kappa shape index (κ2) is 8.13. The summed E-state index contributed by atoms with van der Waals surface area (Å²) < 4.78 is 0. The molecule has 3 aromatic rings. The van der Waals surface area contributed by atoms with Gasteiger partial charge in [0.15, 0.2) is 0 Å².